The highest BCUT2D eigenvalue weighted by atomic mass is 32.1. The minimum absolute atomic E-state index is 0.0473. The number of carbonyl (C=O) groups is 2. The average molecular weight is 334 g/mol. The van der Waals surface area contributed by atoms with Crippen molar-refractivity contribution in [2.24, 2.45) is 5.73 Å². The topological polar surface area (TPSA) is 111 Å². The van der Waals surface area contributed by atoms with Gasteiger partial charge >= 0.3 is 0 Å². The summed E-state index contributed by atoms with van der Waals surface area (Å²) in [5.41, 5.74) is 5.91. The molecule has 0 atom stereocenters. The molecule has 3 aromatic heterocycles. The van der Waals surface area contributed by atoms with Crippen LogP contribution >= 0.6 is 22.7 Å². The summed E-state index contributed by atoms with van der Waals surface area (Å²) in [6.07, 6.45) is 1.60. The summed E-state index contributed by atoms with van der Waals surface area (Å²) in [7, 11) is 0. The Hall–Kier alpha value is -2.52. The fourth-order valence-corrected chi connectivity index (χ4v) is 3.15. The van der Waals surface area contributed by atoms with Crippen molar-refractivity contribution in [2.45, 2.75) is 6.42 Å². The zero-order valence-electron chi connectivity index (χ0n) is 11.1. The van der Waals surface area contributed by atoms with Gasteiger partial charge in [0.05, 0.1) is 18.4 Å². The molecule has 3 heterocycles. The van der Waals surface area contributed by atoms with Crippen LogP contribution in [-0.4, -0.2) is 21.8 Å². The Bertz CT molecular complexity index is 807. The molecule has 0 aliphatic rings. The van der Waals surface area contributed by atoms with Crippen molar-refractivity contribution >= 4 is 39.6 Å². The molecule has 0 saturated carbocycles. The van der Waals surface area contributed by atoms with Gasteiger partial charge in [-0.15, -0.1) is 22.7 Å². The van der Waals surface area contributed by atoms with Crippen LogP contribution in [0.3, 0.4) is 0 Å². The molecule has 0 spiro atoms. The number of hydrogen-bond donors (Lipinski definition) is 2. The first kappa shape index (κ1) is 14.4. The van der Waals surface area contributed by atoms with Gasteiger partial charge in [0, 0.05) is 10.8 Å². The van der Waals surface area contributed by atoms with Gasteiger partial charge in [0.1, 0.15) is 5.69 Å². The zero-order valence-corrected chi connectivity index (χ0v) is 12.7. The Morgan fingerprint density at radius 2 is 2.14 bits per heavy atom. The molecule has 7 nitrogen and oxygen atoms in total. The van der Waals surface area contributed by atoms with E-state index in [1.54, 1.807) is 29.2 Å². The van der Waals surface area contributed by atoms with Gasteiger partial charge in [-0.25, -0.2) is 9.97 Å². The highest BCUT2D eigenvalue weighted by molar-refractivity contribution is 7.14. The van der Waals surface area contributed by atoms with Crippen LogP contribution in [0.1, 0.15) is 16.2 Å². The summed E-state index contributed by atoms with van der Waals surface area (Å²) >= 11 is 2.54. The van der Waals surface area contributed by atoms with Gasteiger partial charge < -0.3 is 10.2 Å². The Morgan fingerprint density at radius 3 is 2.86 bits per heavy atom. The zero-order chi connectivity index (χ0) is 15.5. The van der Waals surface area contributed by atoms with Gasteiger partial charge in [0.2, 0.25) is 5.91 Å². The lowest BCUT2D eigenvalue weighted by atomic mass is 10.3. The summed E-state index contributed by atoms with van der Waals surface area (Å²) < 4.78 is 5.23. The maximum atomic E-state index is 12.1. The Kier molecular flexibility index (Phi) is 3.98. The first-order chi connectivity index (χ1) is 10.6. The molecule has 0 unspecified atom stereocenters. The second kappa shape index (κ2) is 6.08. The molecule has 0 aliphatic heterocycles. The molecule has 3 N–H and O–H groups in total. The number of furan rings is 1. The average Bonchev–Trinajstić information content (AvgIpc) is 3.19. The Labute approximate surface area is 132 Å². The number of amides is 2. The number of nitrogens with zero attached hydrogens (tertiary/aromatic N) is 2. The van der Waals surface area contributed by atoms with Gasteiger partial charge in [0.25, 0.3) is 5.91 Å². The van der Waals surface area contributed by atoms with E-state index in [4.69, 9.17) is 10.2 Å². The third-order valence-corrected chi connectivity index (χ3v) is 4.26. The van der Waals surface area contributed by atoms with E-state index < -0.39 is 5.91 Å². The standard InChI is InChI=1S/C13H10N4O3S2/c14-10(18)4-7-5-22-13(15-7)17-11(19)8-6-21-12(16-8)9-2-1-3-20-9/h1-3,5-6H,4H2,(H2,14,18)(H,15,17,19). The highest BCUT2D eigenvalue weighted by Gasteiger charge is 2.15. The van der Waals surface area contributed by atoms with Gasteiger partial charge in [-0.2, -0.15) is 0 Å². The third-order valence-electron chi connectivity index (χ3n) is 2.60. The number of rotatable bonds is 5. The molecule has 112 valence electrons. The molecule has 0 bridgehead atoms. The minimum atomic E-state index is -0.467. The lowest BCUT2D eigenvalue weighted by Crippen LogP contribution is -2.14. The second-order valence-corrected chi connectivity index (χ2v) is 5.97. The molecule has 0 aromatic carbocycles. The van der Waals surface area contributed by atoms with Crippen LogP contribution in [0.15, 0.2) is 33.6 Å². The number of anilines is 1. The van der Waals surface area contributed by atoms with Crippen molar-refractivity contribution in [1.82, 2.24) is 9.97 Å². The quantitative estimate of drug-likeness (QED) is 0.742. The summed E-state index contributed by atoms with van der Waals surface area (Å²) in [6, 6.07) is 3.53. The van der Waals surface area contributed by atoms with Crippen molar-refractivity contribution in [1.29, 1.82) is 0 Å². The summed E-state index contributed by atoms with van der Waals surface area (Å²) in [5.74, 6) is -0.221. The molecular weight excluding hydrogens is 324 g/mol. The number of carbonyl (C=O) groups excluding carboxylic acids is 2. The molecule has 0 aliphatic carbocycles. The lowest BCUT2D eigenvalue weighted by Gasteiger charge is -1.97. The lowest BCUT2D eigenvalue weighted by molar-refractivity contribution is -0.117. The van der Waals surface area contributed by atoms with Crippen LogP contribution < -0.4 is 11.1 Å². The number of nitrogens with two attached hydrogens (primary N) is 1. The number of nitrogens with one attached hydrogen (secondary N) is 1. The maximum Gasteiger partial charge on any atom is 0.276 e. The minimum Gasteiger partial charge on any atom is -0.462 e. The van der Waals surface area contributed by atoms with E-state index in [-0.39, 0.29) is 18.0 Å². The third kappa shape index (κ3) is 3.21. The SMILES string of the molecule is NC(=O)Cc1csc(NC(=O)c2csc(-c3ccco3)n2)n1. The van der Waals surface area contributed by atoms with Crippen molar-refractivity contribution in [3.05, 3.63) is 40.5 Å². The molecule has 0 saturated heterocycles. The van der Waals surface area contributed by atoms with Crippen LogP contribution in [0.4, 0.5) is 5.13 Å². The van der Waals surface area contributed by atoms with Crippen molar-refractivity contribution in [2.75, 3.05) is 5.32 Å². The van der Waals surface area contributed by atoms with E-state index in [1.165, 1.54) is 22.7 Å². The van der Waals surface area contributed by atoms with Crippen LogP contribution in [0, 0.1) is 0 Å². The van der Waals surface area contributed by atoms with Gasteiger partial charge in [-0.3, -0.25) is 14.9 Å². The van der Waals surface area contributed by atoms with Gasteiger partial charge in [-0.05, 0) is 12.1 Å². The predicted molar refractivity (Wildman–Crippen MR) is 82.8 cm³/mol. The summed E-state index contributed by atoms with van der Waals surface area (Å²) in [4.78, 5) is 31.3. The Morgan fingerprint density at radius 1 is 1.27 bits per heavy atom. The number of thiazole rings is 2. The molecule has 3 rings (SSSR count). The highest BCUT2D eigenvalue weighted by Crippen LogP contribution is 2.24. The fraction of sp³-hybridized carbons (Fsp3) is 0.0769. The van der Waals surface area contributed by atoms with E-state index in [2.05, 4.69) is 15.3 Å². The predicted octanol–water partition coefficient (Wildman–Crippen LogP) is 2.14. The van der Waals surface area contributed by atoms with Crippen LogP contribution in [0.5, 0.6) is 0 Å². The fourth-order valence-electron chi connectivity index (χ4n) is 1.68. The monoisotopic (exact) mass is 334 g/mol. The van der Waals surface area contributed by atoms with Crippen LogP contribution in [-0.2, 0) is 11.2 Å². The van der Waals surface area contributed by atoms with Crippen LogP contribution in [0.2, 0.25) is 0 Å². The van der Waals surface area contributed by atoms with Crippen molar-refractivity contribution < 1.29 is 14.0 Å². The van der Waals surface area contributed by atoms with Gasteiger partial charge in [0.15, 0.2) is 15.9 Å². The largest absolute Gasteiger partial charge is 0.462 e. The maximum absolute atomic E-state index is 12.1. The molecule has 0 radical (unpaired) electrons. The van der Waals surface area contributed by atoms with Crippen molar-refractivity contribution in [3.63, 3.8) is 0 Å². The number of hydrogen-bond acceptors (Lipinski definition) is 7. The molecule has 3 aromatic rings. The van der Waals surface area contributed by atoms with E-state index in [9.17, 15) is 9.59 Å². The van der Waals surface area contributed by atoms with Crippen LogP contribution in [0.25, 0.3) is 10.8 Å². The molecule has 9 heteroatoms. The Balaban J connectivity index is 1.69. The molecule has 22 heavy (non-hydrogen) atoms. The first-order valence-electron chi connectivity index (χ1n) is 6.15. The summed E-state index contributed by atoms with van der Waals surface area (Å²) in [5, 5.41) is 6.99. The normalized spacial score (nSPS) is 10.5. The molecule has 2 amide bonds. The van der Waals surface area contributed by atoms with E-state index in [0.29, 0.717) is 21.6 Å². The smallest absolute Gasteiger partial charge is 0.276 e. The first-order valence-corrected chi connectivity index (χ1v) is 7.91. The van der Waals surface area contributed by atoms with E-state index >= 15 is 0 Å². The summed E-state index contributed by atoms with van der Waals surface area (Å²) in [6.45, 7) is 0. The molecule has 0 fully saturated rings. The van der Waals surface area contributed by atoms with Gasteiger partial charge in [-0.1, -0.05) is 0 Å². The number of primary amides is 1. The van der Waals surface area contributed by atoms with Crippen molar-refractivity contribution in [3.8, 4) is 10.8 Å². The van der Waals surface area contributed by atoms with E-state index in [1.807, 2.05) is 0 Å². The number of aromatic nitrogens is 2. The second-order valence-electron chi connectivity index (χ2n) is 4.26. The van der Waals surface area contributed by atoms with E-state index in [0.717, 1.165) is 0 Å². The molecular formula is C13H10N4O3S2.